The van der Waals surface area contributed by atoms with Crippen LogP contribution >= 0.6 is 0 Å². The Kier molecular flexibility index (Phi) is 7.15. The van der Waals surface area contributed by atoms with Gasteiger partial charge in [0.25, 0.3) is 15.9 Å². The molecule has 0 fully saturated rings. The average molecular weight is 496 g/mol. The summed E-state index contributed by atoms with van der Waals surface area (Å²) in [5.41, 5.74) is 5.88. The van der Waals surface area contributed by atoms with E-state index in [2.05, 4.69) is 19.8 Å². The van der Waals surface area contributed by atoms with Crippen LogP contribution < -0.4 is 25.2 Å². The molecule has 0 spiro atoms. The highest BCUT2D eigenvalue weighted by Crippen LogP contribution is 2.31. The van der Waals surface area contributed by atoms with E-state index in [4.69, 9.17) is 10.5 Å². The van der Waals surface area contributed by atoms with Crippen LogP contribution in [-0.4, -0.2) is 32.3 Å². The number of carbonyl (C=O) groups is 1. The highest BCUT2D eigenvalue weighted by atomic mass is 32.2. The minimum Gasteiger partial charge on any atom is -0.492 e. The Hall–Kier alpha value is -4.00. The van der Waals surface area contributed by atoms with Crippen LogP contribution in [0.15, 0.2) is 65.7 Å². The number of amides is 1. The van der Waals surface area contributed by atoms with Gasteiger partial charge in [-0.2, -0.15) is 0 Å². The van der Waals surface area contributed by atoms with Crippen molar-refractivity contribution < 1.29 is 35.9 Å². The normalized spacial score (nSPS) is 11.5. The summed E-state index contributed by atoms with van der Waals surface area (Å²) in [6.45, 7) is 1.73. The molecule has 13 heteroatoms. The number of halogens is 3. The lowest BCUT2D eigenvalue weighted by molar-refractivity contribution is -0.274. The Bertz CT molecular complexity index is 1300. The predicted molar refractivity (Wildman–Crippen MR) is 118 cm³/mol. The highest BCUT2D eigenvalue weighted by molar-refractivity contribution is 7.92. The number of carbonyl (C=O) groups excluding carboxylic acids is 1. The Balaban J connectivity index is 1.86. The van der Waals surface area contributed by atoms with E-state index >= 15 is 0 Å². The van der Waals surface area contributed by atoms with E-state index in [1.165, 1.54) is 48.7 Å². The molecule has 180 valence electrons. The number of benzene rings is 2. The quantitative estimate of drug-likeness (QED) is 0.429. The number of nitrogens with two attached hydrogens (primary N) is 1. The van der Waals surface area contributed by atoms with E-state index in [-0.39, 0.29) is 40.0 Å². The third kappa shape index (κ3) is 6.28. The SMILES string of the molecule is CCOc1cc(NC(=O)c2cccnc2N)ccc1S(=O)(=O)Nc1cccc(OC(F)(F)F)c1. The number of pyridine rings is 1. The largest absolute Gasteiger partial charge is 0.573 e. The Morgan fingerprint density at radius 3 is 2.53 bits per heavy atom. The Labute approximate surface area is 192 Å². The average Bonchev–Trinajstić information content (AvgIpc) is 2.73. The molecule has 0 unspecified atom stereocenters. The second kappa shape index (κ2) is 9.87. The van der Waals surface area contributed by atoms with Crippen molar-refractivity contribution in [3.05, 3.63) is 66.4 Å². The predicted octanol–water partition coefficient (Wildman–Crippen LogP) is 4.01. The van der Waals surface area contributed by atoms with Gasteiger partial charge in [-0.05, 0) is 43.3 Å². The first-order chi connectivity index (χ1) is 16.0. The van der Waals surface area contributed by atoms with Crippen molar-refractivity contribution in [1.29, 1.82) is 0 Å². The van der Waals surface area contributed by atoms with Crippen molar-refractivity contribution in [1.82, 2.24) is 4.98 Å². The molecule has 0 aliphatic heterocycles. The van der Waals surface area contributed by atoms with E-state index in [1.807, 2.05) is 0 Å². The maximum absolute atomic E-state index is 12.9. The fourth-order valence-corrected chi connectivity index (χ4v) is 4.03. The topological polar surface area (TPSA) is 133 Å². The van der Waals surface area contributed by atoms with E-state index in [9.17, 15) is 26.4 Å². The van der Waals surface area contributed by atoms with Gasteiger partial charge in [-0.25, -0.2) is 13.4 Å². The fourth-order valence-electron chi connectivity index (χ4n) is 2.85. The van der Waals surface area contributed by atoms with Gasteiger partial charge in [0.2, 0.25) is 0 Å². The van der Waals surface area contributed by atoms with Crippen molar-refractivity contribution >= 4 is 33.1 Å². The van der Waals surface area contributed by atoms with Crippen molar-refractivity contribution in [3.63, 3.8) is 0 Å². The summed E-state index contributed by atoms with van der Waals surface area (Å²) in [5, 5.41) is 2.58. The molecule has 3 aromatic rings. The molecule has 0 aliphatic rings. The summed E-state index contributed by atoms with van der Waals surface area (Å²) in [5.74, 6) is -1.23. The first-order valence-corrected chi connectivity index (χ1v) is 11.1. The Morgan fingerprint density at radius 2 is 1.85 bits per heavy atom. The molecule has 4 N–H and O–H groups in total. The second-order valence-corrected chi connectivity index (χ2v) is 8.32. The molecule has 1 aromatic heterocycles. The van der Waals surface area contributed by atoms with E-state index in [0.29, 0.717) is 0 Å². The lowest BCUT2D eigenvalue weighted by Crippen LogP contribution is -2.18. The van der Waals surface area contributed by atoms with Gasteiger partial charge in [0.1, 0.15) is 22.2 Å². The van der Waals surface area contributed by atoms with Gasteiger partial charge >= 0.3 is 6.36 Å². The molecule has 0 saturated carbocycles. The number of nitrogens with one attached hydrogen (secondary N) is 2. The molecule has 0 saturated heterocycles. The smallest absolute Gasteiger partial charge is 0.492 e. The lowest BCUT2D eigenvalue weighted by atomic mass is 10.2. The van der Waals surface area contributed by atoms with Gasteiger partial charge in [0.15, 0.2) is 0 Å². The van der Waals surface area contributed by atoms with Crippen LogP contribution in [0.4, 0.5) is 30.4 Å². The molecule has 1 amide bonds. The third-order valence-electron chi connectivity index (χ3n) is 4.19. The van der Waals surface area contributed by atoms with Gasteiger partial charge < -0.3 is 20.5 Å². The zero-order valence-corrected chi connectivity index (χ0v) is 18.4. The number of alkyl halides is 3. The summed E-state index contributed by atoms with van der Waals surface area (Å²) in [7, 11) is -4.29. The molecule has 3 rings (SSSR count). The van der Waals surface area contributed by atoms with E-state index < -0.39 is 28.0 Å². The summed E-state index contributed by atoms with van der Waals surface area (Å²) in [6, 6.07) is 11.2. The summed E-state index contributed by atoms with van der Waals surface area (Å²) >= 11 is 0. The molecule has 0 bridgehead atoms. The monoisotopic (exact) mass is 496 g/mol. The van der Waals surface area contributed by atoms with Crippen LogP contribution in [0.2, 0.25) is 0 Å². The molecule has 1 heterocycles. The van der Waals surface area contributed by atoms with Gasteiger partial charge in [-0.3, -0.25) is 9.52 Å². The number of rotatable bonds is 8. The number of hydrogen-bond acceptors (Lipinski definition) is 7. The van der Waals surface area contributed by atoms with Crippen LogP contribution in [0.25, 0.3) is 0 Å². The van der Waals surface area contributed by atoms with E-state index in [0.717, 1.165) is 12.1 Å². The van der Waals surface area contributed by atoms with Gasteiger partial charge in [-0.1, -0.05) is 6.07 Å². The van der Waals surface area contributed by atoms with Crippen LogP contribution in [0.1, 0.15) is 17.3 Å². The van der Waals surface area contributed by atoms with Crippen molar-refractivity contribution in [3.8, 4) is 11.5 Å². The molecule has 0 aliphatic carbocycles. The zero-order valence-electron chi connectivity index (χ0n) is 17.6. The van der Waals surface area contributed by atoms with Crippen molar-refractivity contribution in [2.24, 2.45) is 0 Å². The van der Waals surface area contributed by atoms with E-state index in [1.54, 1.807) is 6.92 Å². The molecular formula is C21H19F3N4O5S. The number of hydrogen-bond donors (Lipinski definition) is 3. The molecule has 2 aromatic carbocycles. The minimum absolute atomic E-state index is 0.0187. The maximum atomic E-state index is 12.9. The number of nitrogen functional groups attached to an aromatic ring is 1. The van der Waals surface area contributed by atoms with Crippen molar-refractivity contribution in [2.75, 3.05) is 22.4 Å². The van der Waals surface area contributed by atoms with Crippen molar-refractivity contribution in [2.45, 2.75) is 18.2 Å². The number of nitrogens with zero attached hydrogens (tertiary/aromatic N) is 1. The number of sulfonamides is 1. The first-order valence-electron chi connectivity index (χ1n) is 9.66. The number of anilines is 3. The number of ether oxygens (including phenoxy) is 2. The zero-order chi connectivity index (χ0) is 24.9. The molecular weight excluding hydrogens is 477 g/mol. The standard InChI is InChI=1S/C21H19F3N4O5S/c1-2-32-17-12-13(27-20(29)16-7-4-10-26-19(16)25)8-9-18(17)34(30,31)28-14-5-3-6-15(11-14)33-21(22,23)24/h3-12,28H,2H2,1H3,(H2,25,26)(H,27,29). The van der Waals surface area contributed by atoms with Gasteiger partial charge in [0, 0.05) is 24.0 Å². The van der Waals surface area contributed by atoms with Gasteiger partial charge in [0.05, 0.1) is 17.9 Å². The third-order valence-corrected chi connectivity index (χ3v) is 5.61. The van der Waals surface area contributed by atoms with Crippen LogP contribution in [-0.2, 0) is 10.0 Å². The fraction of sp³-hybridized carbons (Fsp3) is 0.143. The van der Waals surface area contributed by atoms with Gasteiger partial charge in [-0.15, -0.1) is 13.2 Å². The second-order valence-electron chi connectivity index (χ2n) is 6.67. The first kappa shape index (κ1) is 24.6. The summed E-state index contributed by atoms with van der Waals surface area (Å²) < 4.78 is 74.6. The molecule has 9 nitrogen and oxygen atoms in total. The van der Waals surface area contributed by atoms with Crippen LogP contribution in [0.5, 0.6) is 11.5 Å². The molecule has 0 radical (unpaired) electrons. The summed E-state index contributed by atoms with van der Waals surface area (Å²) in [6.07, 6.45) is -3.50. The Morgan fingerprint density at radius 1 is 1.09 bits per heavy atom. The highest BCUT2D eigenvalue weighted by Gasteiger charge is 2.31. The van der Waals surface area contributed by atoms with Crippen LogP contribution in [0.3, 0.4) is 0 Å². The molecule has 34 heavy (non-hydrogen) atoms. The van der Waals surface area contributed by atoms with Crippen LogP contribution in [0, 0.1) is 0 Å². The maximum Gasteiger partial charge on any atom is 0.573 e. The lowest BCUT2D eigenvalue weighted by Gasteiger charge is -2.15. The summed E-state index contributed by atoms with van der Waals surface area (Å²) in [4.78, 5) is 16.0. The molecule has 0 atom stereocenters. The minimum atomic E-state index is -4.93. The number of aromatic nitrogens is 1.